The Morgan fingerprint density at radius 3 is 2.77 bits per heavy atom. The fourth-order valence-corrected chi connectivity index (χ4v) is 4.21. The highest BCUT2D eigenvalue weighted by molar-refractivity contribution is 7.15. The van der Waals surface area contributed by atoms with Gasteiger partial charge in [-0.25, -0.2) is 14.8 Å². The van der Waals surface area contributed by atoms with Crippen LogP contribution >= 0.6 is 11.3 Å². The van der Waals surface area contributed by atoms with Gasteiger partial charge in [0.25, 0.3) is 0 Å². The van der Waals surface area contributed by atoms with Crippen LogP contribution in [0.25, 0.3) is 0 Å². The molecule has 0 aliphatic carbocycles. The number of aliphatic imine (C=N–C) groups is 1. The van der Waals surface area contributed by atoms with E-state index in [0.29, 0.717) is 36.9 Å². The average molecular weight is 445 g/mol. The van der Waals surface area contributed by atoms with Crippen LogP contribution in [0.1, 0.15) is 23.1 Å². The SMILES string of the molecule is CC(=O)Nc1nc(CCc2ccc(N=CNC(=O)O)cc2)c(CN2CCNC(=O)C2)s1. The molecule has 3 rings (SSSR count). The van der Waals surface area contributed by atoms with E-state index >= 15 is 0 Å². The summed E-state index contributed by atoms with van der Waals surface area (Å²) in [6, 6.07) is 7.49. The Kier molecular flexibility index (Phi) is 7.68. The smallest absolute Gasteiger partial charge is 0.409 e. The molecule has 0 unspecified atom stereocenters. The zero-order valence-corrected chi connectivity index (χ0v) is 17.9. The molecule has 0 radical (unpaired) electrons. The van der Waals surface area contributed by atoms with Crippen molar-refractivity contribution in [1.82, 2.24) is 20.5 Å². The summed E-state index contributed by atoms with van der Waals surface area (Å²) in [6.45, 7) is 3.82. The molecule has 3 amide bonds. The van der Waals surface area contributed by atoms with E-state index in [0.717, 1.165) is 35.4 Å². The van der Waals surface area contributed by atoms with E-state index in [1.807, 2.05) is 24.3 Å². The van der Waals surface area contributed by atoms with Crippen LogP contribution in [0.4, 0.5) is 15.6 Å². The Morgan fingerprint density at radius 2 is 2.10 bits per heavy atom. The van der Waals surface area contributed by atoms with E-state index in [2.05, 4.69) is 30.8 Å². The van der Waals surface area contributed by atoms with Crippen LogP contribution in [0.3, 0.4) is 0 Å². The molecule has 2 heterocycles. The van der Waals surface area contributed by atoms with Crippen LogP contribution in [0.5, 0.6) is 0 Å². The lowest BCUT2D eigenvalue weighted by Crippen LogP contribution is -2.47. The summed E-state index contributed by atoms with van der Waals surface area (Å²) in [4.78, 5) is 45.3. The van der Waals surface area contributed by atoms with Gasteiger partial charge in [0.05, 0.1) is 24.3 Å². The van der Waals surface area contributed by atoms with Crippen LogP contribution in [0.15, 0.2) is 29.3 Å². The van der Waals surface area contributed by atoms with Gasteiger partial charge in [0.15, 0.2) is 5.13 Å². The second-order valence-electron chi connectivity index (χ2n) is 7.00. The molecule has 164 valence electrons. The molecule has 2 aromatic rings. The number of nitrogens with zero attached hydrogens (tertiary/aromatic N) is 3. The van der Waals surface area contributed by atoms with Crippen molar-refractivity contribution in [3.05, 3.63) is 40.4 Å². The van der Waals surface area contributed by atoms with E-state index in [-0.39, 0.29) is 11.8 Å². The maximum atomic E-state index is 11.7. The molecule has 4 N–H and O–H groups in total. The van der Waals surface area contributed by atoms with Crippen molar-refractivity contribution in [3.63, 3.8) is 0 Å². The van der Waals surface area contributed by atoms with Gasteiger partial charge in [-0.15, -0.1) is 11.3 Å². The Bertz CT molecular complexity index is 973. The first-order valence-corrected chi connectivity index (χ1v) is 10.6. The Hall–Kier alpha value is -3.31. The number of piperazine rings is 1. The molecule has 1 aromatic heterocycles. The summed E-state index contributed by atoms with van der Waals surface area (Å²) in [5.41, 5.74) is 2.64. The summed E-state index contributed by atoms with van der Waals surface area (Å²) >= 11 is 1.44. The molecule has 0 spiro atoms. The quantitative estimate of drug-likeness (QED) is 0.362. The summed E-state index contributed by atoms with van der Waals surface area (Å²) in [6.07, 6.45) is 1.40. The molecule has 0 atom stereocenters. The first-order valence-electron chi connectivity index (χ1n) is 9.75. The van der Waals surface area contributed by atoms with Gasteiger partial charge < -0.3 is 15.7 Å². The maximum absolute atomic E-state index is 11.7. The molecule has 31 heavy (non-hydrogen) atoms. The number of aromatic nitrogens is 1. The van der Waals surface area contributed by atoms with Crippen LogP contribution < -0.4 is 16.0 Å². The summed E-state index contributed by atoms with van der Waals surface area (Å²) in [5.74, 6) is -0.154. The lowest BCUT2D eigenvalue weighted by Gasteiger charge is -2.26. The predicted molar refractivity (Wildman–Crippen MR) is 118 cm³/mol. The molecule has 1 aliphatic rings. The number of anilines is 1. The Labute approximate surface area is 183 Å². The van der Waals surface area contributed by atoms with Gasteiger partial charge in [-0.3, -0.25) is 19.8 Å². The Balaban J connectivity index is 1.65. The molecule has 1 aromatic carbocycles. The number of thiazole rings is 1. The molecule has 1 aliphatic heterocycles. The number of carbonyl (C=O) groups excluding carboxylic acids is 2. The number of hydrogen-bond acceptors (Lipinski definition) is 7. The lowest BCUT2D eigenvalue weighted by atomic mass is 10.1. The minimum Gasteiger partial charge on any atom is -0.465 e. The van der Waals surface area contributed by atoms with Gasteiger partial charge in [-0.2, -0.15) is 0 Å². The summed E-state index contributed by atoms with van der Waals surface area (Å²) in [7, 11) is 0. The third-order valence-electron chi connectivity index (χ3n) is 4.53. The summed E-state index contributed by atoms with van der Waals surface area (Å²) < 4.78 is 0. The number of aryl methyl sites for hydroxylation is 2. The van der Waals surface area contributed by atoms with Gasteiger partial charge in [0.1, 0.15) is 0 Å². The van der Waals surface area contributed by atoms with E-state index in [1.54, 1.807) is 0 Å². The monoisotopic (exact) mass is 444 g/mol. The van der Waals surface area contributed by atoms with E-state index in [9.17, 15) is 14.4 Å². The zero-order chi connectivity index (χ0) is 22.2. The number of carboxylic acid groups (broad SMARTS) is 1. The van der Waals surface area contributed by atoms with Crippen LogP contribution in [-0.2, 0) is 29.0 Å². The summed E-state index contributed by atoms with van der Waals surface area (Å²) in [5, 5.41) is 16.8. The van der Waals surface area contributed by atoms with Gasteiger partial charge in [-0.1, -0.05) is 12.1 Å². The van der Waals surface area contributed by atoms with Crippen LogP contribution in [0.2, 0.25) is 0 Å². The van der Waals surface area contributed by atoms with Crippen molar-refractivity contribution in [2.75, 3.05) is 25.0 Å². The van der Waals surface area contributed by atoms with Crippen molar-refractivity contribution in [1.29, 1.82) is 0 Å². The average Bonchev–Trinajstić information content (AvgIpc) is 3.07. The largest absolute Gasteiger partial charge is 0.465 e. The molecule has 10 nitrogen and oxygen atoms in total. The van der Waals surface area contributed by atoms with Gasteiger partial charge in [-0.05, 0) is 30.5 Å². The Morgan fingerprint density at radius 1 is 1.32 bits per heavy atom. The van der Waals surface area contributed by atoms with Crippen molar-refractivity contribution < 1.29 is 19.5 Å². The first kappa shape index (κ1) is 22.4. The van der Waals surface area contributed by atoms with Crippen molar-refractivity contribution >= 4 is 46.4 Å². The normalized spacial score (nSPS) is 14.4. The van der Waals surface area contributed by atoms with E-state index in [1.165, 1.54) is 18.3 Å². The van der Waals surface area contributed by atoms with Crippen molar-refractivity contribution in [2.24, 2.45) is 4.99 Å². The topological polar surface area (TPSA) is 136 Å². The highest BCUT2D eigenvalue weighted by Gasteiger charge is 2.20. The number of amides is 3. The second kappa shape index (κ2) is 10.6. The third kappa shape index (κ3) is 7.15. The molecule has 0 bridgehead atoms. The maximum Gasteiger partial charge on any atom is 0.409 e. The van der Waals surface area contributed by atoms with Crippen molar-refractivity contribution in [2.45, 2.75) is 26.3 Å². The van der Waals surface area contributed by atoms with Gasteiger partial charge >= 0.3 is 6.09 Å². The highest BCUT2D eigenvalue weighted by atomic mass is 32.1. The first-order chi connectivity index (χ1) is 14.9. The van der Waals surface area contributed by atoms with Gasteiger partial charge in [0.2, 0.25) is 11.8 Å². The molecule has 1 saturated heterocycles. The predicted octanol–water partition coefficient (Wildman–Crippen LogP) is 1.75. The number of hydrogen-bond donors (Lipinski definition) is 4. The highest BCUT2D eigenvalue weighted by Crippen LogP contribution is 2.26. The van der Waals surface area contributed by atoms with Gasteiger partial charge in [0, 0.05) is 31.4 Å². The lowest BCUT2D eigenvalue weighted by molar-refractivity contribution is -0.124. The van der Waals surface area contributed by atoms with Crippen LogP contribution in [0, 0.1) is 0 Å². The molecule has 11 heteroatoms. The number of rotatable bonds is 8. The molecular formula is C20H24N6O4S. The molecular weight excluding hydrogens is 420 g/mol. The fourth-order valence-electron chi connectivity index (χ4n) is 3.11. The van der Waals surface area contributed by atoms with E-state index in [4.69, 9.17) is 5.11 Å². The number of carbonyl (C=O) groups is 3. The minimum atomic E-state index is -1.16. The minimum absolute atomic E-state index is 0.0145. The van der Waals surface area contributed by atoms with Crippen molar-refractivity contribution in [3.8, 4) is 0 Å². The molecule has 0 saturated carbocycles. The number of nitrogens with one attached hydrogen (secondary N) is 3. The third-order valence-corrected chi connectivity index (χ3v) is 5.53. The standard InChI is InChI=1S/C20H24N6O4S/c1-13(27)24-19-25-16(17(31-19)10-26-9-8-21-18(28)11-26)7-4-14-2-5-15(6-3-14)22-12-23-20(29)30/h2-3,5-6,12H,4,7-11H2,1H3,(H,21,28)(H,22,23)(H,29,30)(H,24,25,27). The van der Waals surface area contributed by atoms with Crippen LogP contribution in [-0.4, -0.2) is 58.9 Å². The number of benzene rings is 1. The zero-order valence-electron chi connectivity index (χ0n) is 17.1. The van der Waals surface area contributed by atoms with E-state index < -0.39 is 6.09 Å². The second-order valence-corrected chi connectivity index (χ2v) is 8.09. The molecule has 1 fully saturated rings. The fraction of sp³-hybridized carbons (Fsp3) is 0.350.